The number of aromatic nitrogens is 1. The zero-order valence-electron chi connectivity index (χ0n) is 10.9. The Balaban J connectivity index is 2.56. The maximum Gasteiger partial charge on any atom is 0.434 e. The van der Waals surface area contributed by atoms with E-state index in [1.807, 2.05) is 19.0 Å². The predicted molar refractivity (Wildman–Crippen MR) is 67.9 cm³/mol. The number of thiazole rings is 1. The van der Waals surface area contributed by atoms with Crippen molar-refractivity contribution in [1.82, 2.24) is 9.88 Å². The number of halogens is 3. The lowest BCUT2D eigenvalue weighted by atomic mass is 9.93. The van der Waals surface area contributed by atoms with Crippen molar-refractivity contribution in [3.8, 4) is 0 Å². The summed E-state index contributed by atoms with van der Waals surface area (Å²) in [4.78, 5) is 5.58. The molecule has 0 radical (unpaired) electrons. The van der Waals surface area contributed by atoms with Gasteiger partial charge < -0.3 is 10.2 Å². The molecule has 3 nitrogen and oxygen atoms in total. The first-order chi connectivity index (χ1) is 8.10. The first-order valence-electron chi connectivity index (χ1n) is 5.51. The fourth-order valence-corrected chi connectivity index (χ4v) is 2.43. The lowest BCUT2D eigenvalue weighted by Gasteiger charge is -2.28. The maximum absolute atomic E-state index is 12.4. The van der Waals surface area contributed by atoms with Gasteiger partial charge in [0, 0.05) is 18.5 Å². The van der Waals surface area contributed by atoms with E-state index in [0.29, 0.717) is 11.7 Å². The molecule has 7 heteroatoms. The SMILES string of the molecule is CN(C)CC(C)(C)CNc1nc(C(F)(F)F)cs1. The van der Waals surface area contributed by atoms with Gasteiger partial charge in [-0.25, -0.2) is 4.98 Å². The Labute approximate surface area is 109 Å². The first-order valence-corrected chi connectivity index (χ1v) is 6.39. The molecular formula is C11H18F3N3S. The molecule has 0 unspecified atom stereocenters. The molecule has 1 rings (SSSR count). The molecule has 1 N–H and O–H groups in total. The molecule has 0 fully saturated rings. The van der Waals surface area contributed by atoms with E-state index in [4.69, 9.17) is 0 Å². The Morgan fingerprint density at radius 3 is 2.39 bits per heavy atom. The number of alkyl halides is 3. The van der Waals surface area contributed by atoms with Crippen LogP contribution >= 0.6 is 11.3 Å². The van der Waals surface area contributed by atoms with Crippen LogP contribution < -0.4 is 5.32 Å². The average molecular weight is 281 g/mol. The quantitative estimate of drug-likeness (QED) is 0.898. The largest absolute Gasteiger partial charge is 0.434 e. The highest BCUT2D eigenvalue weighted by Crippen LogP contribution is 2.31. The van der Waals surface area contributed by atoms with Crippen LogP contribution in [0.2, 0.25) is 0 Å². The van der Waals surface area contributed by atoms with Crippen molar-refractivity contribution in [2.45, 2.75) is 20.0 Å². The molecule has 0 saturated carbocycles. The normalized spacial score (nSPS) is 13.1. The third-order valence-electron chi connectivity index (χ3n) is 2.26. The van der Waals surface area contributed by atoms with E-state index in [1.54, 1.807) is 0 Å². The van der Waals surface area contributed by atoms with Gasteiger partial charge in [0.2, 0.25) is 0 Å². The smallest absolute Gasteiger partial charge is 0.361 e. The molecule has 0 bridgehead atoms. The van der Waals surface area contributed by atoms with Crippen LogP contribution in [0.1, 0.15) is 19.5 Å². The highest BCUT2D eigenvalue weighted by molar-refractivity contribution is 7.13. The van der Waals surface area contributed by atoms with Gasteiger partial charge >= 0.3 is 6.18 Å². The second kappa shape index (κ2) is 5.44. The topological polar surface area (TPSA) is 28.2 Å². The van der Waals surface area contributed by atoms with E-state index < -0.39 is 11.9 Å². The number of anilines is 1. The number of hydrogen-bond acceptors (Lipinski definition) is 4. The van der Waals surface area contributed by atoms with E-state index in [0.717, 1.165) is 23.3 Å². The number of nitrogens with one attached hydrogen (secondary N) is 1. The monoisotopic (exact) mass is 281 g/mol. The Hall–Kier alpha value is -0.820. The van der Waals surface area contributed by atoms with Crippen LogP contribution in [-0.4, -0.2) is 37.1 Å². The standard InChI is InChI=1S/C11H18F3N3S/c1-10(2,7-17(3)4)6-15-9-16-8(5-18-9)11(12,13)14/h5H,6-7H2,1-4H3,(H,15,16). The summed E-state index contributed by atoms with van der Waals surface area (Å²) in [6, 6.07) is 0. The van der Waals surface area contributed by atoms with Gasteiger partial charge in [0.1, 0.15) is 0 Å². The Bertz CT molecular complexity index is 385. The van der Waals surface area contributed by atoms with E-state index in [1.165, 1.54) is 0 Å². The lowest BCUT2D eigenvalue weighted by molar-refractivity contribution is -0.140. The molecule has 1 aromatic heterocycles. The van der Waals surface area contributed by atoms with Gasteiger partial charge in [-0.05, 0) is 19.5 Å². The summed E-state index contributed by atoms with van der Waals surface area (Å²) in [5.74, 6) is 0. The lowest BCUT2D eigenvalue weighted by Crippen LogP contribution is -2.34. The molecular weight excluding hydrogens is 263 g/mol. The molecule has 18 heavy (non-hydrogen) atoms. The Morgan fingerprint density at radius 1 is 1.33 bits per heavy atom. The van der Waals surface area contributed by atoms with Crippen molar-refractivity contribution in [2.75, 3.05) is 32.5 Å². The van der Waals surface area contributed by atoms with Crippen molar-refractivity contribution < 1.29 is 13.2 Å². The number of nitrogens with zero attached hydrogens (tertiary/aromatic N) is 2. The molecule has 1 aromatic rings. The molecule has 0 aliphatic heterocycles. The van der Waals surface area contributed by atoms with Crippen LogP contribution in [-0.2, 0) is 6.18 Å². The molecule has 1 heterocycles. The van der Waals surface area contributed by atoms with Crippen molar-refractivity contribution in [1.29, 1.82) is 0 Å². The van der Waals surface area contributed by atoms with E-state index in [2.05, 4.69) is 24.1 Å². The predicted octanol–water partition coefficient (Wildman–Crippen LogP) is 3.16. The van der Waals surface area contributed by atoms with Crippen LogP contribution in [0.5, 0.6) is 0 Å². The fraction of sp³-hybridized carbons (Fsp3) is 0.727. The van der Waals surface area contributed by atoms with Crippen LogP contribution in [0.4, 0.5) is 18.3 Å². The molecule has 0 aromatic carbocycles. The summed E-state index contributed by atoms with van der Waals surface area (Å²) in [6.45, 7) is 5.53. The third kappa shape index (κ3) is 4.81. The Morgan fingerprint density at radius 2 is 1.94 bits per heavy atom. The van der Waals surface area contributed by atoms with Crippen molar-refractivity contribution in [3.05, 3.63) is 11.1 Å². The minimum absolute atomic E-state index is 0.0342. The summed E-state index contributed by atoms with van der Waals surface area (Å²) in [6.07, 6.45) is -4.37. The van der Waals surface area contributed by atoms with Gasteiger partial charge in [-0.1, -0.05) is 13.8 Å². The average Bonchev–Trinajstić information content (AvgIpc) is 2.60. The molecule has 0 spiro atoms. The van der Waals surface area contributed by atoms with Crippen LogP contribution in [0.3, 0.4) is 0 Å². The van der Waals surface area contributed by atoms with Crippen LogP contribution in [0.15, 0.2) is 5.38 Å². The molecule has 0 aliphatic rings. The van der Waals surface area contributed by atoms with Crippen LogP contribution in [0.25, 0.3) is 0 Å². The van der Waals surface area contributed by atoms with Crippen molar-refractivity contribution in [2.24, 2.45) is 5.41 Å². The minimum atomic E-state index is -4.37. The highest BCUT2D eigenvalue weighted by atomic mass is 32.1. The highest BCUT2D eigenvalue weighted by Gasteiger charge is 2.33. The molecule has 0 saturated heterocycles. The van der Waals surface area contributed by atoms with Crippen molar-refractivity contribution >= 4 is 16.5 Å². The number of rotatable bonds is 5. The Kier molecular flexibility index (Phi) is 4.61. The molecule has 0 amide bonds. The van der Waals surface area contributed by atoms with E-state index in [-0.39, 0.29) is 5.41 Å². The molecule has 0 aliphatic carbocycles. The summed E-state index contributed by atoms with van der Waals surface area (Å²) in [5.41, 5.74) is -0.867. The van der Waals surface area contributed by atoms with Gasteiger partial charge in [-0.3, -0.25) is 0 Å². The molecule has 0 atom stereocenters. The molecule has 104 valence electrons. The first kappa shape index (κ1) is 15.2. The second-order valence-corrected chi connectivity index (χ2v) is 6.15. The number of hydrogen-bond donors (Lipinski definition) is 1. The van der Waals surface area contributed by atoms with Gasteiger partial charge in [0.05, 0.1) is 0 Å². The summed E-state index contributed by atoms with van der Waals surface area (Å²) in [5, 5.41) is 4.31. The second-order valence-electron chi connectivity index (χ2n) is 5.29. The maximum atomic E-state index is 12.4. The fourth-order valence-electron chi connectivity index (χ4n) is 1.71. The van der Waals surface area contributed by atoms with E-state index >= 15 is 0 Å². The summed E-state index contributed by atoms with van der Waals surface area (Å²) in [7, 11) is 3.93. The van der Waals surface area contributed by atoms with Crippen molar-refractivity contribution in [3.63, 3.8) is 0 Å². The van der Waals surface area contributed by atoms with Gasteiger partial charge in [0.25, 0.3) is 0 Å². The minimum Gasteiger partial charge on any atom is -0.361 e. The third-order valence-corrected chi connectivity index (χ3v) is 3.06. The van der Waals surface area contributed by atoms with E-state index in [9.17, 15) is 13.2 Å². The summed E-state index contributed by atoms with van der Waals surface area (Å²) >= 11 is 0.980. The van der Waals surface area contributed by atoms with Gasteiger partial charge in [-0.15, -0.1) is 11.3 Å². The summed E-state index contributed by atoms with van der Waals surface area (Å²) < 4.78 is 37.1. The van der Waals surface area contributed by atoms with Crippen LogP contribution in [0, 0.1) is 5.41 Å². The zero-order valence-corrected chi connectivity index (χ0v) is 11.7. The van der Waals surface area contributed by atoms with Gasteiger partial charge in [-0.2, -0.15) is 13.2 Å². The van der Waals surface area contributed by atoms with Gasteiger partial charge in [0.15, 0.2) is 10.8 Å². The zero-order chi connectivity index (χ0) is 14.0.